The van der Waals surface area contributed by atoms with Gasteiger partial charge in [0, 0.05) is 16.9 Å². The summed E-state index contributed by atoms with van der Waals surface area (Å²) in [6, 6.07) is 15.1. The van der Waals surface area contributed by atoms with Gasteiger partial charge in [0.15, 0.2) is 17.3 Å². The number of hydrogen-bond donors (Lipinski definition) is 2. The second kappa shape index (κ2) is 8.49. The van der Waals surface area contributed by atoms with E-state index in [1.54, 1.807) is 61.7 Å². The largest absolute Gasteiger partial charge is 0.495 e. The van der Waals surface area contributed by atoms with E-state index in [1.165, 1.54) is 6.92 Å². The molecule has 0 aliphatic heterocycles. The number of carbonyl (C=O) groups is 2. The number of anilines is 3. The topological polar surface area (TPSA) is 93.2 Å². The van der Waals surface area contributed by atoms with Gasteiger partial charge in [-0.2, -0.15) is 0 Å². The van der Waals surface area contributed by atoms with Crippen LogP contribution in [0.25, 0.3) is 0 Å². The van der Waals surface area contributed by atoms with E-state index in [0.717, 1.165) is 0 Å². The third-order valence-electron chi connectivity index (χ3n) is 3.85. The van der Waals surface area contributed by atoms with Crippen LogP contribution in [-0.4, -0.2) is 29.0 Å². The molecule has 7 nitrogen and oxygen atoms in total. The minimum absolute atomic E-state index is 0.0787. The van der Waals surface area contributed by atoms with Gasteiger partial charge in [0.1, 0.15) is 5.75 Å². The zero-order valence-electron chi connectivity index (χ0n) is 15.2. The van der Waals surface area contributed by atoms with Crippen molar-refractivity contribution < 1.29 is 14.3 Å². The Morgan fingerprint density at radius 1 is 1.00 bits per heavy atom. The summed E-state index contributed by atoms with van der Waals surface area (Å²) in [5.41, 5.74) is 1.88. The Labute approximate surface area is 166 Å². The van der Waals surface area contributed by atoms with Gasteiger partial charge in [-0.1, -0.05) is 23.7 Å². The molecule has 0 spiro atoms. The first-order chi connectivity index (χ1) is 13.5. The van der Waals surface area contributed by atoms with E-state index in [4.69, 9.17) is 16.3 Å². The van der Waals surface area contributed by atoms with Gasteiger partial charge < -0.3 is 15.4 Å². The maximum Gasteiger partial charge on any atom is 0.276 e. The van der Waals surface area contributed by atoms with Crippen molar-refractivity contribution >= 4 is 40.5 Å². The summed E-state index contributed by atoms with van der Waals surface area (Å²) in [5, 5.41) is 14.1. The molecule has 2 aromatic carbocycles. The Bertz CT molecular complexity index is 1020. The fourth-order valence-electron chi connectivity index (χ4n) is 2.42. The number of ether oxygens (including phenoxy) is 1. The first kappa shape index (κ1) is 19.3. The fraction of sp³-hybridized carbons (Fsp3) is 0.100. The predicted octanol–water partition coefficient (Wildman–Crippen LogP) is 4.34. The Morgan fingerprint density at radius 2 is 1.82 bits per heavy atom. The van der Waals surface area contributed by atoms with Crippen molar-refractivity contribution in [1.29, 1.82) is 0 Å². The minimum atomic E-state index is -0.424. The second-order valence-electron chi connectivity index (χ2n) is 5.87. The average Bonchev–Trinajstić information content (AvgIpc) is 2.69. The van der Waals surface area contributed by atoms with Gasteiger partial charge in [-0.25, -0.2) is 0 Å². The van der Waals surface area contributed by atoms with Crippen LogP contribution in [0.4, 0.5) is 17.2 Å². The smallest absolute Gasteiger partial charge is 0.276 e. The molecule has 3 aromatic rings. The summed E-state index contributed by atoms with van der Waals surface area (Å²) in [6.07, 6.45) is 0. The van der Waals surface area contributed by atoms with Crippen molar-refractivity contribution in [2.24, 2.45) is 0 Å². The molecule has 0 unspecified atom stereocenters. The lowest BCUT2D eigenvalue weighted by Crippen LogP contribution is -2.15. The van der Waals surface area contributed by atoms with Crippen LogP contribution in [-0.2, 0) is 0 Å². The number of hydrogen-bond acceptors (Lipinski definition) is 6. The standard InChI is InChI=1S/C20H17ClN4O3/c1-12(26)13-4-3-5-14(10-13)23-20(27)17-7-9-19(25-24-17)22-15-6-8-18(28-2)16(21)11-15/h3-11H,1-2H3,(H,22,25)(H,23,27). The third kappa shape index (κ3) is 4.63. The summed E-state index contributed by atoms with van der Waals surface area (Å²) in [6.45, 7) is 1.47. The lowest BCUT2D eigenvalue weighted by Gasteiger charge is -2.09. The molecule has 28 heavy (non-hydrogen) atoms. The van der Waals surface area contributed by atoms with E-state index in [9.17, 15) is 9.59 Å². The second-order valence-corrected chi connectivity index (χ2v) is 6.28. The lowest BCUT2D eigenvalue weighted by molar-refractivity contribution is 0.100. The monoisotopic (exact) mass is 396 g/mol. The van der Waals surface area contributed by atoms with E-state index in [-0.39, 0.29) is 11.5 Å². The zero-order chi connectivity index (χ0) is 20.1. The summed E-state index contributed by atoms with van der Waals surface area (Å²) in [4.78, 5) is 23.8. The first-order valence-corrected chi connectivity index (χ1v) is 8.70. The SMILES string of the molecule is COc1ccc(Nc2ccc(C(=O)Nc3cccc(C(C)=O)c3)nn2)cc1Cl. The number of rotatable bonds is 6. The van der Waals surface area contributed by atoms with Crippen molar-refractivity contribution in [3.05, 3.63) is 70.9 Å². The maximum atomic E-state index is 12.3. The number of halogens is 1. The molecule has 2 N–H and O–H groups in total. The third-order valence-corrected chi connectivity index (χ3v) is 4.14. The molecule has 8 heteroatoms. The van der Waals surface area contributed by atoms with E-state index in [0.29, 0.717) is 33.5 Å². The molecule has 3 rings (SSSR count). The normalized spacial score (nSPS) is 10.2. The number of ketones is 1. The van der Waals surface area contributed by atoms with Crippen molar-refractivity contribution in [2.75, 3.05) is 17.7 Å². The number of carbonyl (C=O) groups excluding carboxylic acids is 2. The molecular formula is C20H17ClN4O3. The van der Waals surface area contributed by atoms with Gasteiger partial charge in [0.05, 0.1) is 12.1 Å². The molecule has 142 valence electrons. The molecule has 1 aromatic heterocycles. The number of nitrogens with one attached hydrogen (secondary N) is 2. The first-order valence-electron chi connectivity index (χ1n) is 8.33. The van der Waals surface area contributed by atoms with E-state index in [2.05, 4.69) is 20.8 Å². The maximum absolute atomic E-state index is 12.3. The highest BCUT2D eigenvalue weighted by Crippen LogP contribution is 2.28. The Morgan fingerprint density at radius 3 is 2.46 bits per heavy atom. The van der Waals surface area contributed by atoms with Crippen LogP contribution < -0.4 is 15.4 Å². The lowest BCUT2D eigenvalue weighted by atomic mass is 10.1. The Kier molecular flexibility index (Phi) is 5.86. The van der Waals surface area contributed by atoms with Crippen molar-refractivity contribution in [2.45, 2.75) is 6.92 Å². The quantitative estimate of drug-likeness (QED) is 0.602. The molecule has 0 bridgehead atoms. The van der Waals surface area contributed by atoms with Crippen LogP contribution in [0.2, 0.25) is 5.02 Å². The van der Waals surface area contributed by atoms with Gasteiger partial charge in [-0.3, -0.25) is 9.59 Å². The van der Waals surface area contributed by atoms with Crippen molar-refractivity contribution in [3.63, 3.8) is 0 Å². The molecule has 0 aliphatic carbocycles. The number of nitrogens with zero attached hydrogens (tertiary/aromatic N) is 2. The van der Waals surface area contributed by atoms with Gasteiger partial charge >= 0.3 is 0 Å². The molecule has 0 aliphatic rings. The number of methoxy groups -OCH3 is 1. The van der Waals surface area contributed by atoms with Crippen molar-refractivity contribution in [1.82, 2.24) is 10.2 Å². The molecule has 0 saturated carbocycles. The van der Waals surface area contributed by atoms with Crippen LogP contribution in [0.15, 0.2) is 54.6 Å². The molecule has 0 saturated heterocycles. The van der Waals surface area contributed by atoms with Crippen LogP contribution in [0, 0.1) is 0 Å². The van der Waals surface area contributed by atoms with Gasteiger partial charge in [0.2, 0.25) is 0 Å². The molecular weight excluding hydrogens is 380 g/mol. The summed E-state index contributed by atoms with van der Waals surface area (Å²) in [5.74, 6) is 0.521. The molecule has 0 fully saturated rings. The highest BCUT2D eigenvalue weighted by molar-refractivity contribution is 6.32. The highest BCUT2D eigenvalue weighted by Gasteiger charge is 2.10. The molecule has 1 amide bonds. The fourth-order valence-corrected chi connectivity index (χ4v) is 2.68. The Balaban J connectivity index is 1.68. The number of aromatic nitrogens is 2. The van der Waals surface area contributed by atoms with Gasteiger partial charge in [-0.15, -0.1) is 10.2 Å². The average molecular weight is 397 g/mol. The van der Waals surface area contributed by atoms with E-state index < -0.39 is 5.91 Å². The Hall–Kier alpha value is -3.45. The highest BCUT2D eigenvalue weighted by atomic mass is 35.5. The predicted molar refractivity (Wildman–Crippen MR) is 108 cm³/mol. The minimum Gasteiger partial charge on any atom is -0.495 e. The van der Waals surface area contributed by atoms with Gasteiger partial charge in [0.25, 0.3) is 5.91 Å². The van der Waals surface area contributed by atoms with Crippen LogP contribution in [0.3, 0.4) is 0 Å². The summed E-state index contributed by atoms with van der Waals surface area (Å²) >= 11 is 6.10. The zero-order valence-corrected chi connectivity index (χ0v) is 15.9. The van der Waals surface area contributed by atoms with E-state index in [1.807, 2.05) is 0 Å². The van der Waals surface area contributed by atoms with Crippen molar-refractivity contribution in [3.8, 4) is 5.75 Å². The van der Waals surface area contributed by atoms with Crippen LogP contribution in [0.5, 0.6) is 5.75 Å². The van der Waals surface area contributed by atoms with E-state index >= 15 is 0 Å². The summed E-state index contributed by atoms with van der Waals surface area (Å²) < 4.78 is 5.11. The molecule has 0 radical (unpaired) electrons. The molecule has 0 atom stereocenters. The number of Topliss-reactive ketones (excluding diaryl/α,β-unsaturated/α-hetero) is 1. The molecule has 1 heterocycles. The van der Waals surface area contributed by atoms with Gasteiger partial charge in [-0.05, 0) is 49.4 Å². The summed E-state index contributed by atoms with van der Waals surface area (Å²) in [7, 11) is 1.54. The number of amides is 1. The van der Waals surface area contributed by atoms with Crippen LogP contribution >= 0.6 is 11.6 Å². The number of benzene rings is 2. The van der Waals surface area contributed by atoms with Crippen LogP contribution in [0.1, 0.15) is 27.8 Å².